The summed E-state index contributed by atoms with van der Waals surface area (Å²) < 4.78 is 28.6. The third-order valence-corrected chi connectivity index (χ3v) is 5.08. The van der Waals surface area contributed by atoms with Crippen LogP contribution in [-0.2, 0) is 14.1 Å². The summed E-state index contributed by atoms with van der Waals surface area (Å²) in [7, 11) is -2.83. The van der Waals surface area contributed by atoms with Gasteiger partial charge < -0.3 is 9.79 Å². The van der Waals surface area contributed by atoms with Crippen LogP contribution in [0.1, 0.15) is 0 Å². The molecule has 0 heterocycles. The van der Waals surface area contributed by atoms with E-state index in [0.29, 0.717) is 5.39 Å². The number of hydrogen-bond acceptors (Lipinski definition) is 6. The monoisotopic (exact) mass is 314 g/mol. The lowest BCUT2D eigenvalue weighted by atomic mass is 10.1. The van der Waals surface area contributed by atoms with Crippen LogP contribution in [0.15, 0.2) is 41.3 Å². The number of nitrogens with two attached hydrogens (primary N) is 1. The van der Waals surface area contributed by atoms with Crippen LogP contribution < -0.4 is 10.4 Å². The summed E-state index contributed by atoms with van der Waals surface area (Å²) in [6, 6.07) is 10.2. The molecule has 0 saturated heterocycles. The fraction of sp³-hybridized carbons (Fsp3) is 0.167. The lowest BCUT2D eigenvalue weighted by molar-refractivity contribution is 0.461. The quantitative estimate of drug-likeness (QED) is 0.836. The molecule has 0 saturated carbocycles. The SMILES string of the molecule is CN(C)c1cccc2c(S(=O)(=O)OP(N)O)cccc12. The molecular weight excluding hydrogens is 299 g/mol. The summed E-state index contributed by atoms with van der Waals surface area (Å²) in [5.41, 5.74) is 5.94. The second-order valence-electron chi connectivity index (χ2n) is 4.35. The minimum atomic E-state index is -4.09. The number of hydrogen-bond donors (Lipinski definition) is 2. The lowest BCUT2D eigenvalue weighted by Gasteiger charge is -2.16. The standard InChI is InChI=1S/C12H15N2O4PS/c1-14(2)11-7-3-6-10-9(11)5-4-8-12(10)20(16,17)18-19(13)15/h3-8,15H,13H2,1-2H3. The molecule has 1 atom stereocenters. The van der Waals surface area contributed by atoms with Crippen LogP contribution in [0.25, 0.3) is 10.8 Å². The molecule has 2 aromatic carbocycles. The zero-order valence-corrected chi connectivity index (χ0v) is 12.7. The van der Waals surface area contributed by atoms with E-state index < -0.39 is 18.6 Å². The number of rotatable bonds is 4. The zero-order valence-electron chi connectivity index (χ0n) is 11.0. The number of nitrogens with zero attached hydrogens (tertiary/aromatic N) is 1. The van der Waals surface area contributed by atoms with Crippen LogP contribution in [0.4, 0.5) is 5.69 Å². The molecule has 20 heavy (non-hydrogen) atoms. The third-order valence-electron chi connectivity index (χ3n) is 2.78. The highest BCUT2D eigenvalue weighted by atomic mass is 32.2. The fourth-order valence-corrected chi connectivity index (χ4v) is 3.83. The van der Waals surface area contributed by atoms with Gasteiger partial charge in [-0.1, -0.05) is 24.3 Å². The van der Waals surface area contributed by atoms with Crippen LogP contribution in [0.5, 0.6) is 0 Å². The van der Waals surface area contributed by atoms with Crippen molar-refractivity contribution in [3.05, 3.63) is 36.4 Å². The van der Waals surface area contributed by atoms with E-state index in [9.17, 15) is 8.42 Å². The van der Waals surface area contributed by atoms with E-state index in [4.69, 9.17) is 10.4 Å². The van der Waals surface area contributed by atoms with Gasteiger partial charge in [0.05, 0.1) is 0 Å². The largest absolute Gasteiger partial charge is 0.377 e. The highest BCUT2D eigenvalue weighted by molar-refractivity contribution is 7.90. The first-order valence-corrected chi connectivity index (χ1v) is 8.39. The van der Waals surface area contributed by atoms with E-state index in [-0.39, 0.29) is 4.90 Å². The van der Waals surface area contributed by atoms with Crippen molar-refractivity contribution in [2.75, 3.05) is 19.0 Å². The summed E-state index contributed by atoms with van der Waals surface area (Å²) in [4.78, 5) is 10.9. The van der Waals surface area contributed by atoms with E-state index in [0.717, 1.165) is 11.1 Å². The summed E-state index contributed by atoms with van der Waals surface area (Å²) in [5, 5.41) is 1.30. The van der Waals surface area contributed by atoms with Crippen molar-refractivity contribution in [3.8, 4) is 0 Å². The van der Waals surface area contributed by atoms with Crippen molar-refractivity contribution in [2.45, 2.75) is 4.90 Å². The van der Waals surface area contributed by atoms with Gasteiger partial charge in [0, 0.05) is 30.6 Å². The molecule has 108 valence electrons. The molecule has 0 aliphatic heterocycles. The Morgan fingerprint density at radius 1 is 1.15 bits per heavy atom. The molecule has 0 amide bonds. The zero-order chi connectivity index (χ0) is 14.9. The maximum Gasteiger partial charge on any atom is 0.303 e. The molecule has 0 aliphatic carbocycles. The van der Waals surface area contributed by atoms with Gasteiger partial charge >= 0.3 is 10.1 Å². The van der Waals surface area contributed by atoms with E-state index in [1.54, 1.807) is 18.2 Å². The van der Waals surface area contributed by atoms with E-state index in [1.807, 2.05) is 31.1 Å². The molecular formula is C12H15N2O4PS. The van der Waals surface area contributed by atoms with Crippen molar-refractivity contribution in [3.63, 3.8) is 0 Å². The molecule has 0 fully saturated rings. The van der Waals surface area contributed by atoms with Gasteiger partial charge in [-0.3, -0.25) is 5.50 Å². The fourth-order valence-electron chi connectivity index (χ4n) is 2.01. The first kappa shape index (κ1) is 15.2. The Balaban J connectivity index is 2.71. The Kier molecular flexibility index (Phi) is 4.27. The van der Waals surface area contributed by atoms with Crippen molar-refractivity contribution < 1.29 is 17.3 Å². The van der Waals surface area contributed by atoms with Crippen LogP contribution in [0, 0.1) is 0 Å². The highest BCUT2D eigenvalue weighted by Gasteiger charge is 2.22. The molecule has 3 N–H and O–H groups in total. The molecule has 0 radical (unpaired) electrons. The normalized spacial score (nSPS) is 13.4. The third kappa shape index (κ3) is 2.92. The van der Waals surface area contributed by atoms with Crippen LogP contribution in [0.3, 0.4) is 0 Å². The molecule has 0 bridgehead atoms. The van der Waals surface area contributed by atoms with Gasteiger partial charge in [0.2, 0.25) is 0 Å². The Hall–Kier alpha value is -1.24. The molecule has 1 unspecified atom stereocenters. The van der Waals surface area contributed by atoms with Gasteiger partial charge in [0.1, 0.15) is 4.90 Å². The first-order valence-electron chi connectivity index (χ1n) is 5.70. The summed E-state index contributed by atoms with van der Waals surface area (Å²) in [6.07, 6.45) is 0. The molecule has 2 rings (SSSR count). The maximum atomic E-state index is 12.1. The summed E-state index contributed by atoms with van der Waals surface area (Å²) in [5.74, 6) is 0. The smallest absolute Gasteiger partial charge is 0.303 e. The number of fused-ring (bicyclic) bond motifs is 1. The van der Waals surface area contributed by atoms with Gasteiger partial charge in [-0.25, -0.2) is 0 Å². The summed E-state index contributed by atoms with van der Waals surface area (Å²) in [6.45, 7) is 0. The molecule has 2 aromatic rings. The highest BCUT2D eigenvalue weighted by Crippen LogP contribution is 2.34. The van der Waals surface area contributed by atoms with Gasteiger partial charge in [-0.15, -0.1) is 0 Å². The van der Waals surface area contributed by atoms with Gasteiger partial charge in [0.25, 0.3) is 8.53 Å². The number of benzene rings is 2. The van der Waals surface area contributed by atoms with Crippen LogP contribution >= 0.6 is 8.53 Å². The van der Waals surface area contributed by atoms with E-state index >= 15 is 0 Å². The molecule has 0 aliphatic rings. The van der Waals surface area contributed by atoms with Crippen LogP contribution in [-0.4, -0.2) is 27.4 Å². The van der Waals surface area contributed by atoms with Crippen LogP contribution in [0.2, 0.25) is 0 Å². The topological polar surface area (TPSA) is 92.9 Å². The van der Waals surface area contributed by atoms with Crippen molar-refractivity contribution >= 4 is 35.1 Å². The molecule has 0 aromatic heterocycles. The molecule has 6 nitrogen and oxygen atoms in total. The lowest BCUT2D eigenvalue weighted by Crippen LogP contribution is -2.10. The van der Waals surface area contributed by atoms with Crippen molar-refractivity contribution in [2.24, 2.45) is 5.50 Å². The Morgan fingerprint density at radius 2 is 1.75 bits per heavy atom. The average molecular weight is 314 g/mol. The second-order valence-corrected chi connectivity index (χ2v) is 6.90. The Labute approximate surface area is 118 Å². The van der Waals surface area contributed by atoms with Gasteiger partial charge in [-0.05, 0) is 12.1 Å². The molecule has 0 spiro atoms. The van der Waals surface area contributed by atoms with Gasteiger partial charge in [-0.2, -0.15) is 12.4 Å². The van der Waals surface area contributed by atoms with E-state index in [2.05, 4.69) is 3.97 Å². The summed E-state index contributed by atoms with van der Waals surface area (Å²) >= 11 is 0. The minimum Gasteiger partial charge on any atom is -0.377 e. The predicted octanol–water partition coefficient (Wildman–Crippen LogP) is 1.79. The predicted molar refractivity (Wildman–Crippen MR) is 79.9 cm³/mol. The Morgan fingerprint density at radius 3 is 2.35 bits per heavy atom. The molecule has 8 heteroatoms. The Bertz CT molecular complexity index is 731. The van der Waals surface area contributed by atoms with Crippen molar-refractivity contribution in [1.29, 1.82) is 0 Å². The number of anilines is 1. The van der Waals surface area contributed by atoms with Crippen molar-refractivity contribution in [1.82, 2.24) is 0 Å². The average Bonchev–Trinajstić information content (AvgIpc) is 2.35. The minimum absolute atomic E-state index is 0.00861. The first-order chi connectivity index (χ1) is 9.33. The van der Waals surface area contributed by atoms with Gasteiger partial charge in [0.15, 0.2) is 0 Å². The second kappa shape index (κ2) is 5.63. The van der Waals surface area contributed by atoms with E-state index in [1.165, 1.54) is 6.07 Å². The maximum absolute atomic E-state index is 12.1.